The summed E-state index contributed by atoms with van der Waals surface area (Å²) in [5, 5.41) is 0. The van der Waals surface area contributed by atoms with Gasteiger partial charge in [-0.2, -0.15) is 0 Å². The fourth-order valence-electron chi connectivity index (χ4n) is 2.20. The molecule has 1 aromatic carbocycles. The molecule has 1 rings (SSSR count). The van der Waals surface area contributed by atoms with Crippen molar-refractivity contribution < 1.29 is 4.74 Å². The Morgan fingerprint density at radius 3 is 2.44 bits per heavy atom. The molecule has 0 fully saturated rings. The highest BCUT2D eigenvalue weighted by molar-refractivity contribution is 5.35. The van der Waals surface area contributed by atoms with E-state index in [1.807, 2.05) is 24.3 Å². The van der Waals surface area contributed by atoms with Gasteiger partial charge in [0.1, 0.15) is 5.75 Å². The van der Waals surface area contributed by atoms with Gasteiger partial charge >= 0.3 is 0 Å². The third-order valence-electron chi connectivity index (χ3n) is 3.06. The van der Waals surface area contributed by atoms with Gasteiger partial charge in [-0.15, -0.1) is 0 Å². The second-order valence-electron chi connectivity index (χ2n) is 5.09. The lowest BCUT2D eigenvalue weighted by atomic mass is 10.1. The molecule has 1 aromatic rings. The van der Waals surface area contributed by atoms with Crippen molar-refractivity contribution in [3.63, 3.8) is 0 Å². The van der Waals surface area contributed by atoms with Crippen LogP contribution >= 0.6 is 0 Å². The Hall–Kier alpha value is -1.06. The lowest BCUT2D eigenvalue weighted by Crippen LogP contribution is -2.34. The number of rotatable bonds is 7. The van der Waals surface area contributed by atoms with Crippen molar-refractivity contribution in [1.29, 1.82) is 0 Å². The minimum absolute atomic E-state index is 0.000139. The summed E-state index contributed by atoms with van der Waals surface area (Å²) in [6, 6.07) is 8.00. The molecule has 102 valence electrons. The van der Waals surface area contributed by atoms with E-state index in [0.717, 1.165) is 30.9 Å². The van der Waals surface area contributed by atoms with Crippen molar-refractivity contribution in [2.45, 2.75) is 26.8 Å². The van der Waals surface area contributed by atoms with Crippen molar-refractivity contribution in [1.82, 2.24) is 4.90 Å². The van der Waals surface area contributed by atoms with Gasteiger partial charge in [0, 0.05) is 24.7 Å². The zero-order chi connectivity index (χ0) is 13.5. The Morgan fingerprint density at radius 1 is 1.22 bits per heavy atom. The van der Waals surface area contributed by atoms with E-state index in [-0.39, 0.29) is 6.04 Å². The Balaban J connectivity index is 2.71. The molecule has 1 unspecified atom stereocenters. The third kappa shape index (κ3) is 4.31. The first kappa shape index (κ1) is 15.0. The summed E-state index contributed by atoms with van der Waals surface area (Å²) in [6.07, 6.45) is 0. The van der Waals surface area contributed by atoms with Gasteiger partial charge in [0.2, 0.25) is 0 Å². The van der Waals surface area contributed by atoms with Crippen molar-refractivity contribution in [3.05, 3.63) is 29.8 Å². The van der Waals surface area contributed by atoms with Crippen LogP contribution in [0, 0.1) is 5.92 Å². The van der Waals surface area contributed by atoms with Crippen LogP contribution in [0.15, 0.2) is 24.3 Å². The highest BCUT2D eigenvalue weighted by atomic mass is 16.5. The lowest BCUT2D eigenvalue weighted by molar-refractivity contribution is 0.240. The number of nitrogens with zero attached hydrogens (tertiary/aromatic N) is 1. The molecule has 0 aliphatic carbocycles. The highest BCUT2D eigenvalue weighted by Gasteiger charge is 2.15. The SMILES string of the molecule is CCN(CC(C)C)CC(N)c1ccccc1OC. The number of benzene rings is 1. The van der Waals surface area contributed by atoms with E-state index in [1.54, 1.807) is 7.11 Å². The van der Waals surface area contributed by atoms with Crippen molar-refractivity contribution >= 4 is 0 Å². The molecule has 0 saturated heterocycles. The van der Waals surface area contributed by atoms with Gasteiger partial charge in [0.25, 0.3) is 0 Å². The first-order valence-corrected chi connectivity index (χ1v) is 6.69. The largest absolute Gasteiger partial charge is 0.496 e. The maximum Gasteiger partial charge on any atom is 0.123 e. The van der Waals surface area contributed by atoms with E-state index in [1.165, 1.54) is 0 Å². The number of para-hydroxylation sites is 1. The molecular weight excluding hydrogens is 224 g/mol. The Labute approximate surface area is 111 Å². The summed E-state index contributed by atoms with van der Waals surface area (Å²) in [5.74, 6) is 1.54. The fraction of sp³-hybridized carbons (Fsp3) is 0.600. The van der Waals surface area contributed by atoms with Gasteiger partial charge in [-0.05, 0) is 18.5 Å². The maximum atomic E-state index is 6.30. The minimum atomic E-state index is -0.000139. The van der Waals surface area contributed by atoms with Crippen molar-refractivity contribution in [3.8, 4) is 5.75 Å². The van der Waals surface area contributed by atoms with Gasteiger partial charge in [0.15, 0.2) is 0 Å². The standard InChI is InChI=1S/C15H26N2O/c1-5-17(10-12(2)3)11-14(16)13-8-6-7-9-15(13)18-4/h6-9,12,14H,5,10-11,16H2,1-4H3. The van der Waals surface area contributed by atoms with Gasteiger partial charge in [-0.25, -0.2) is 0 Å². The predicted molar refractivity (Wildman–Crippen MR) is 76.9 cm³/mol. The van der Waals surface area contributed by atoms with E-state index in [9.17, 15) is 0 Å². The quantitative estimate of drug-likeness (QED) is 0.808. The van der Waals surface area contributed by atoms with Crippen LogP contribution in [0.1, 0.15) is 32.4 Å². The number of methoxy groups -OCH3 is 1. The van der Waals surface area contributed by atoms with E-state index in [4.69, 9.17) is 10.5 Å². The molecule has 0 aliphatic rings. The zero-order valence-corrected chi connectivity index (χ0v) is 12.0. The fourth-order valence-corrected chi connectivity index (χ4v) is 2.20. The summed E-state index contributed by atoms with van der Waals surface area (Å²) in [6.45, 7) is 9.63. The lowest BCUT2D eigenvalue weighted by Gasteiger charge is -2.26. The van der Waals surface area contributed by atoms with Crippen LogP contribution in [0.5, 0.6) is 5.75 Å². The van der Waals surface area contributed by atoms with E-state index in [2.05, 4.69) is 25.7 Å². The first-order valence-electron chi connectivity index (χ1n) is 6.69. The molecule has 0 saturated carbocycles. The molecular formula is C15H26N2O. The van der Waals surface area contributed by atoms with Crippen LogP contribution in [-0.2, 0) is 0 Å². The normalized spacial score (nSPS) is 13.1. The molecule has 18 heavy (non-hydrogen) atoms. The average molecular weight is 250 g/mol. The molecule has 2 N–H and O–H groups in total. The number of hydrogen-bond donors (Lipinski definition) is 1. The maximum absolute atomic E-state index is 6.30. The molecule has 1 atom stereocenters. The van der Waals surface area contributed by atoms with Crippen molar-refractivity contribution in [2.24, 2.45) is 11.7 Å². The second kappa shape index (κ2) is 7.39. The molecule has 0 aromatic heterocycles. The van der Waals surface area contributed by atoms with Crippen LogP contribution in [0.3, 0.4) is 0 Å². The highest BCUT2D eigenvalue weighted by Crippen LogP contribution is 2.23. The van der Waals surface area contributed by atoms with Crippen LogP contribution < -0.4 is 10.5 Å². The smallest absolute Gasteiger partial charge is 0.123 e. The van der Waals surface area contributed by atoms with Gasteiger partial charge in [0.05, 0.1) is 7.11 Å². The summed E-state index contributed by atoms with van der Waals surface area (Å²) in [4.78, 5) is 2.39. The van der Waals surface area contributed by atoms with Gasteiger partial charge < -0.3 is 15.4 Å². The number of ether oxygens (including phenoxy) is 1. The van der Waals surface area contributed by atoms with Gasteiger partial charge in [-0.1, -0.05) is 39.0 Å². The average Bonchev–Trinajstić information content (AvgIpc) is 2.37. The van der Waals surface area contributed by atoms with E-state index >= 15 is 0 Å². The number of likely N-dealkylation sites (N-methyl/N-ethyl adjacent to an activating group) is 1. The van der Waals surface area contributed by atoms with Crippen molar-refractivity contribution in [2.75, 3.05) is 26.7 Å². The Bertz CT molecular complexity index is 352. The minimum Gasteiger partial charge on any atom is -0.496 e. The molecule has 0 aliphatic heterocycles. The Kier molecular flexibility index (Phi) is 6.16. The van der Waals surface area contributed by atoms with Crippen LogP contribution in [-0.4, -0.2) is 31.6 Å². The molecule has 0 radical (unpaired) electrons. The Morgan fingerprint density at radius 2 is 1.89 bits per heavy atom. The topological polar surface area (TPSA) is 38.5 Å². The summed E-state index contributed by atoms with van der Waals surface area (Å²) >= 11 is 0. The molecule has 0 bridgehead atoms. The summed E-state index contributed by atoms with van der Waals surface area (Å²) in [5.41, 5.74) is 7.39. The third-order valence-corrected chi connectivity index (χ3v) is 3.06. The molecule has 0 heterocycles. The van der Waals surface area contributed by atoms with Crippen LogP contribution in [0.2, 0.25) is 0 Å². The number of nitrogens with two attached hydrogens (primary N) is 1. The molecule has 0 spiro atoms. The predicted octanol–water partition coefficient (Wildman–Crippen LogP) is 2.67. The first-order chi connectivity index (χ1) is 8.58. The van der Waals surface area contributed by atoms with E-state index in [0.29, 0.717) is 5.92 Å². The summed E-state index contributed by atoms with van der Waals surface area (Å²) < 4.78 is 5.36. The summed E-state index contributed by atoms with van der Waals surface area (Å²) in [7, 11) is 1.69. The number of hydrogen-bond acceptors (Lipinski definition) is 3. The second-order valence-corrected chi connectivity index (χ2v) is 5.09. The van der Waals surface area contributed by atoms with E-state index < -0.39 is 0 Å². The van der Waals surface area contributed by atoms with Crippen LogP contribution in [0.4, 0.5) is 0 Å². The van der Waals surface area contributed by atoms with Crippen LogP contribution in [0.25, 0.3) is 0 Å². The van der Waals surface area contributed by atoms with Gasteiger partial charge in [-0.3, -0.25) is 0 Å². The zero-order valence-electron chi connectivity index (χ0n) is 12.0. The molecule has 3 nitrogen and oxygen atoms in total. The monoisotopic (exact) mass is 250 g/mol. The molecule has 3 heteroatoms. The molecule has 0 amide bonds.